The van der Waals surface area contributed by atoms with Crippen LogP contribution in [-0.4, -0.2) is 5.91 Å². The normalized spacial score (nSPS) is 10.9. The molecule has 0 heterocycles. The van der Waals surface area contributed by atoms with E-state index in [0.29, 0.717) is 33.7 Å². The summed E-state index contributed by atoms with van der Waals surface area (Å²) in [5.74, 6) is -0.168. The Morgan fingerprint density at radius 2 is 1.70 bits per heavy atom. The first-order chi connectivity index (χ1) is 14.5. The second-order valence-corrected chi connectivity index (χ2v) is 7.39. The quantitative estimate of drug-likeness (QED) is 0.357. The van der Waals surface area contributed by atoms with Crippen LogP contribution in [0.1, 0.15) is 16.7 Å². The molecule has 1 N–H and O–H groups in total. The molecule has 6 heteroatoms. The molecule has 0 fully saturated rings. The van der Waals surface area contributed by atoms with Gasteiger partial charge in [-0.2, -0.15) is 5.26 Å². The van der Waals surface area contributed by atoms with Crippen molar-refractivity contribution in [2.45, 2.75) is 13.5 Å². The summed E-state index contributed by atoms with van der Waals surface area (Å²) in [6, 6.07) is 21.9. The number of para-hydroxylation sites is 1. The summed E-state index contributed by atoms with van der Waals surface area (Å²) in [4.78, 5) is 12.4. The van der Waals surface area contributed by atoms with E-state index < -0.39 is 5.91 Å². The number of carbonyl (C=O) groups is 1. The molecule has 0 spiro atoms. The van der Waals surface area contributed by atoms with Crippen molar-refractivity contribution in [2.24, 2.45) is 0 Å². The Bertz CT molecular complexity index is 1100. The van der Waals surface area contributed by atoms with Gasteiger partial charge in [0.15, 0.2) is 5.75 Å². The lowest BCUT2D eigenvalue weighted by molar-refractivity contribution is -0.112. The van der Waals surface area contributed by atoms with Crippen molar-refractivity contribution in [1.29, 1.82) is 5.26 Å². The lowest BCUT2D eigenvalue weighted by atomic mass is 10.1. The maximum absolute atomic E-state index is 12.4. The van der Waals surface area contributed by atoms with Crippen LogP contribution in [0.15, 0.2) is 72.3 Å². The van der Waals surface area contributed by atoms with Crippen LogP contribution in [0, 0.1) is 18.3 Å². The molecule has 3 rings (SSSR count). The Morgan fingerprint density at radius 3 is 2.30 bits per heavy atom. The zero-order chi connectivity index (χ0) is 21.5. The van der Waals surface area contributed by atoms with Crippen LogP contribution in [0.5, 0.6) is 5.75 Å². The molecule has 0 aliphatic carbocycles. The minimum absolute atomic E-state index is 0.0701. The second-order valence-electron chi connectivity index (χ2n) is 6.58. The summed E-state index contributed by atoms with van der Waals surface area (Å²) in [5.41, 5.74) is 3.20. The minimum Gasteiger partial charge on any atom is -0.486 e. The monoisotopic (exact) mass is 436 g/mol. The molecule has 0 saturated carbocycles. The van der Waals surface area contributed by atoms with E-state index in [2.05, 4.69) is 5.32 Å². The number of hydrogen-bond acceptors (Lipinski definition) is 3. The van der Waals surface area contributed by atoms with Crippen LogP contribution < -0.4 is 10.1 Å². The number of amides is 1. The molecular formula is C24H18Cl2N2O2. The van der Waals surface area contributed by atoms with Crippen LogP contribution in [0.3, 0.4) is 0 Å². The minimum atomic E-state index is -0.518. The molecule has 0 radical (unpaired) electrons. The molecule has 0 unspecified atom stereocenters. The van der Waals surface area contributed by atoms with E-state index in [1.807, 2.05) is 43.3 Å². The Hall–Kier alpha value is -3.26. The molecule has 0 aliphatic heterocycles. The van der Waals surface area contributed by atoms with Gasteiger partial charge >= 0.3 is 0 Å². The average molecular weight is 437 g/mol. The predicted octanol–water partition coefficient (Wildman–Crippen LogP) is 6.43. The number of nitrogens with one attached hydrogen (secondary N) is 1. The molecule has 150 valence electrons. The van der Waals surface area contributed by atoms with Crippen LogP contribution >= 0.6 is 23.2 Å². The van der Waals surface area contributed by atoms with Gasteiger partial charge in [0.05, 0.1) is 10.0 Å². The third kappa shape index (κ3) is 5.64. The zero-order valence-electron chi connectivity index (χ0n) is 16.2. The fourth-order valence-corrected chi connectivity index (χ4v) is 3.29. The van der Waals surface area contributed by atoms with Crippen molar-refractivity contribution in [1.82, 2.24) is 0 Å². The van der Waals surface area contributed by atoms with Crippen molar-refractivity contribution in [3.05, 3.63) is 99.0 Å². The lowest BCUT2D eigenvalue weighted by Gasteiger charge is -2.11. The molecule has 0 saturated heterocycles. The number of nitrogens with zero attached hydrogens (tertiary/aromatic N) is 1. The van der Waals surface area contributed by atoms with Gasteiger partial charge in [-0.3, -0.25) is 4.79 Å². The first-order valence-corrected chi connectivity index (χ1v) is 9.87. The molecule has 30 heavy (non-hydrogen) atoms. The zero-order valence-corrected chi connectivity index (χ0v) is 17.7. The van der Waals surface area contributed by atoms with Crippen molar-refractivity contribution >= 4 is 40.9 Å². The van der Waals surface area contributed by atoms with Crippen LogP contribution in [0.2, 0.25) is 10.0 Å². The maximum atomic E-state index is 12.4. The van der Waals surface area contributed by atoms with Crippen molar-refractivity contribution in [2.75, 3.05) is 5.32 Å². The fourth-order valence-electron chi connectivity index (χ4n) is 2.68. The number of rotatable bonds is 6. The smallest absolute Gasteiger partial charge is 0.266 e. The Balaban J connectivity index is 1.76. The van der Waals surface area contributed by atoms with E-state index >= 15 is 0 Å². The van der Waals surface area contributed by atoms with E-state index in [1.54, 1.807) is 36.4 Å². The molecule has 3 aromatic rings. The van der Waals surface area contributed by atoms with Gasteiger partial charge in [-0.15, -0.1) is 0 Å². The van der Waals surface area contributed by atoms with Gasteiger partial charge in [0, 0.05) is 5.69 Å². The highest BCUT2D eigenvalue weighted by molar-refractivity contribution is 6.37. The Labute approximate surface area is 185 Å². The maximum Gasteiger partial charge on any atom is 0.266 e. The highest BCUT2D eigenvalue weighted by atomic mass is 35.5. The van der Waals surface area contributed by atoms with Gasteiger partial charge in [-0.25, -0.2) is 0 Å². The summed E-state index contributed by atoms with van der Waals surface area (Å²) >= 11 is 12.7. The van der Waals surface area contributed by atoms with E-state index in [4.69, 9.17) is 27.9 Å². The van der Waals surface area contributed by atoms with Crippen molar-refractivity contribution in [3.8, 4) is 11.8 Å². The Kier molecular flexibility index (Phi) is 7.13. The number of ether oxygens (including phenoxy) is 1. The highest BCUT2D eigenvalue weighted by Gasteiger charge is 2.13. The second kappa shape index (κ2) is 9.98. The SMILES string of the molecule is Cc1ccc(COc2c(Cl)cc(/C=C(/C#N)C(=O)Nc3ccccc3)cc2Cl)cc1. The van der Waals surface area contributed by atoms with Crippen LogP contribution in [0.4, 0.5) is 5.69 Å². The van der Waals surface area contributed by atoms with E-state index in [0.717, 1.165) is 11.1 Å². The third-order valence-corrected chi connectivity index (χ3v) is 4.79. The summed E-state index contributed by atoms with van der Waals surface area (Å²) < 4.78 is 5.78. The van der Waals surface area contributed by atoms with Gasteiger partial charge in [-0.1, -0.05) is 71.2 Å². The number of halogens is 2. The third-order valence-electron chi connectivity index (χ3n) is 4.23. The summed E-state index contributed by atoms with van der Waals surface area (Å²) in [7, 11) is 0. The Morgan fingerprint density at radius 1 is 1.07 bits per heavy atom. The molecule has 3 aromatic carbocycles. The van der Waals surface area contributed by atoms with Gasteiger partial charge in [0.25, 0.3) is 5.91 Å². The molecular weight excluding hydrogens is 419 g/mol. The van der Waals surface area contributed by atoms with Crippen LogP contribution in [-0.2, 0) is 11.4 Å². The lowest BCUT2D eigenvalue weighted by Crippen LogP contribution is -2.13. The molecule has 0 aliphatic rings. The van der Waals surface area contributed by atoms with E-state index in [9.17, 15) is 10.1 Å². The topological polar surface area (TPSA) is 62.1 Å². The van der Waals surface area contributed by atoms with Gasteiger partial charge < -0.3 is 10.1 Å². The van der Waals surface area contributed by atoms with Gasteiger partial charge in [-0.05, 0) is 48.4 Å². The summed E-state index contributed by atoms with van der Waals surface area (Å²) in [6.07, 6.45) is 1.43. The molecule has 0 aromatic heterocycles. The largest absolute Gasteiger partial charge is 0.486 e. The highest BCUT2D eigenvalue weighted by Crippen LogP contribution is 2.35. The summed E-state index contributed by atoms with van der Waals surface area (Å²) in [5, 5.41) is 12.7. The fraction of sp³-hybridized carbons (Fsp3) is 0.0833. The van der Waals surface area contributed by atoms with E-state index in [-0.39, 0.29) is 5.57 Å². The number of anilines is 1. The number of carbonyl (C=O) groups excluding carboxylic acids is 1. The number of nitriles is 1. The molecule has 0 bridgehead atoms. The standard InChI is InChI=1S/C24H18Cl2N2O2/c1-16-7-9-17(10-8-16)15-30-23-21(25)12-18(13-22(23)26)11-19(14-27)24(29)28-20-5-3-2-4-6-20/h2-13H,15H2,1H3,(H,28,29)/b19-11-. The number of benzene rings is 3. The average Bonchev–Trinajstić information content (AvgIpc) is 2.73. The molecule has 4 nitrogen and oxygen atoms in total. The summed E-state index contributed by atoms with van der Waals surface area (Å²) in [6.45, 7) is 2.33. The van der Waals surface area contributed by atoms with Crippen LogP contribution in [0.25, 0.3) is 6.08 Å². The van der Waals surface area contributed by atoms with Crippen molar-refractivity contribution < 1.29 is 9.53 Å². The first-order valence-electron chi connectivity index (χ1n) is 9.12. The van der Waals surface area contributed by atoms with Gasteiger partial charge in [0.2, 0.25) is 0 Å². The number of hydrogen-bond donors (Lipinski definition) is 1. The van der Waals surface area contributed by atoms with E-state index in [1.165, 1.54) is 6.08 Å². The number of aryl methyl sites for hydroxylation is 1. The van der Waals surface area contributed by atoms with Gasteiger partial charge in [0.1, 0.15) is 18.2 Å². The molecule has 0 atom stereocenters. The molecule has 1 amide bonds. The first kappa shape index (κ1) is 21.4. The predicted molar refractivity (Wildman–Crippen MR) is 121 cm³/mol. The van der Waals surface area contributed by atoms with Crippen molar-refractivity contribution in [3.63, 3.8) is 0 Å².